The van der Waals surface area contributed by atoms with E-state index >= 15 is 0 Å². The number of carbonyl (C=O) groups excluding carboxylic acids is 2. The number of rotatable bonds is 41. The van der Waals surface area contributed by atoms with Gasteiger partial charge in [0.2, 0.25) is 0 Å². The van der Waals surface area contributed by atoms with Gasteiger partial charge in [-0.3, -0.25) is 9.59 Å². The van der Waals surface area contributed by atoms with Crippen LogP contribution in [-0.2, 0) is 33.3 Å². The number of carbonyl (C=O) groups is 3. The fourth-order valence-corrected chi connectivity index (χ4v) is 5.59. The number of quaternary nitrogens is 1. The van der Waals surface area contributed by atoms with Crippen LogP contribution in [0.4, 0.5) is 0 Å². The van der Waals surface area contributed by atoms with E-state index in [4.69, 9.17) is 18.9 Å². The van der Waals surface area contributed by atoms with E-state index in [1.165, 1.54) is 0 Å². The van der Waals surface area contributed by atoms with E-state index in [9.17, 15) is 19.5 Å². The third-order valence-electron chi connectivity index (χ3n) is 9.21. The number of esters is 2. The Labute approximate surface area is 383 Å². The lowest BCUT2D eigenvalue weighted by Crippen LogP contribution is -2.40. The van der Waals surface area contributed by atoms with Crippen molar-refractivity contribution in [1.29, 1.82) is 0 Å². The molecule has 0 aromatic heterocycles. The molecule has 0 heterocycles. The number of carboxylic acid groups (broad SMARTS) is 1. The van der Waals surface area contributed by atoms with Crippen LogP contribution in [0.3, 0.4) is 0 Å². The summed E-state index contributed by atoms with van der Waals surface area (Å²) in [6, 6.07) is 0. The molecule has 0 fully saturated rings. The lowest BCUT2D eigenvalue weighted by molar-refractivity contribution is -0.870. The molecule has 0 aliphatic heterocycles. The van der Waals surface area contributed by atoms with Gasteiger partial charge in [0.15, 0.2) is 6.10 Å². The van der Waals surface area contributed by atoms with Crippen molar-refractivity contribution >= 4 is 17.9 Å². The van der Waals surface area contributed by atoms with Gasteiger partial charge in [-0.2, -0.15) is 0 Å². The summed E-state index contributed by atoms with van der Waals surface area (Å²) in [4.78, 5) is 37.2. The highest BCUT2D eigenvalue weighted by atomic mass is 16.7. The molecular weight excluding hydrogens is 791 g/mol. The van der Waals surface area contributed by atoms with Crippen molar-refractivity contribution in [2.45, 2.75) is 155 Å². The first-order chi connectivity index (χ1) is 30.6. The van der Waals surface area contributed by atoms with Gasteiger partial charge in [0.1, 0.15) is 13.2 Å². The van der Waals surface area contributed by atoms with E-state index in [0.717, 1.165) is 103 Å². The minimum atomic E-state index is -1.54. The lowest BCUT2D eigenvalue weighted by atomic mass is 10.1. The first kappa shape index (κ1) is 58.7. The van der Waals surface area contributed by atoms with Gasteiger partial charge in [0.05, 0.1) is 34.4 Å². The molecule has 1 N–H and O–H groups in total. The Balaban J connectivity index is 4.57. The van der Waals surface area contributed by atoms with Gasteiger partial charge < -0.3 is 28.5 Å². The second-order valence-corrected chi connectivity index (χ2v) is 16.3. The molecule has 0 saturated heterocycles. The number of nitrogens with zero attached hydrogens (tertiary/aromatic N) is 1. The van der Waals surface area contributed by atoms with Crippen LogP contribution < -0.4 is 0 Å². The predicted octanol–water partition coefficient (Wildman–Crippen LogP) is 13.0. The Kier molecular flexibility index (Phi) is 41.3. The van der Waals surface area contributed by atoms with Crippen LogP contribution in [-0.4, -0.2) is 87.4 Å². The zero-order valence-electron chi connectivity index (χ0n) is 39.9. The van der Waals surface area contributed by atoms with E-state index in [1.54, 1.807) is 0 Å². The molecule has 63 heavy (non-hydrogen) atoms. The first-order valence-corrected chi connectivity index (χ1v) is 23.7. The number of hydrogen-bond acceptors (Lipinski definition) is 7. The van der Waals surface area contributed by atoms with Crippen molar-refractivity contribution in [2.24, 2.45) is 0 Å². The average Bonchev–Trinajstić information content (AvgIpc) is 3.24. The van der Waals surface area contributed by atoms with Crippen molar-refractivity contribution in [1.82, 2.24) is 0 Å². The molecule has 0 aromatic rings. The van der Waals surface area contributed by atoms with Gasteiger partial charge in [0.25, 0.3) is 6.29 Å². The van der Waals surface area contributed by atoms with Gasteiger partial charge in [0, 0.05) is 12.8 Å². The highest BCUT2D eigenvalue weighted by Crippen LogP contribution is 2.11. The Morgan fingerprint density at radius 2 is 0.857 bits per heavy atom. The molecule has 0 radical (unpaired) electrons. The first-order valence-electron chi connectivity index (χ1n) is 23.7. The van der Waals surface area contributed by atoms with Crippen molar-refractivity contribution in [3.8, 4) is 0 Å². The van der Waals surface area contributed by atoms with E-state index in [0.29, 0.717) is 23.9 Å². The van der Waals surface area contributed by atoms with Gasteiger partial charge in [-0.15, -0.1) is 0 Å². The SMILES string of the molecule is CC/C=C\C/C=C\C/C=C\C/C=C\C/C=C\C/C=C\CCCCC(=O)OC(COC(=O)CCCCCC/C=C\C/C=C\C/C=C\C/C=C\CC)COC(OCC[N+](C)(C)C)C(=O)O. The Morgan fingerprint density at radius 3 is 1.29 bits per heavy atom. The summed E-state index contributed by atoms with van der Waals surface area (Å²) in [5.41, 5.74) is 0. The van der Waals surface area contributed by atoms with Gasteiger partial charge in [-0.25, -0.2) is 4.79 Å². The molecule has 2 unspecified atom stereocenters. The minimum Gasteiger partial charge on any atom is -0.477 e. The average molecular weight is 877 g/mol. The molecule has 9 heteroatoms. The van der Waals surface area contributed by atoms with Gasteiger partial charge in [-0.1, -0.05) is 148 Å². The van der Waals surface area contributed by atoms with E-state index in [-0.39, 0.29) is 38.6 Å². The number of unbranched alkanes of at least 4 members (excludes halogenated alkanes) is 6. The molecule has 0 spiro atoms. The molecule has 0 aromatic carbocycles. The maximum Gasteiger partial charge on any atom is 0.361 e. The number of allylic oxidation sites excluding steroid dienone is 20. The summed E-state index contributed by atoms with van der Waals surface area (Å²) in [6.07, 6.45) is 58.3. The minimum absolute atomic E-state index is 0.167. The van der Waals surface area contributed by atoms with Crippen molar-refractivity contribution in [3.05, 3.63) is 122 Å². The molecule has 0 amide bonds. The van der Waals surface area contributed by atoms with Crippen LogP contribution in [0.1, 0.15) is 142 Å². The summed E-state index contributed by atoms with van der Waals surface area (Å²) in [5, 5.41) is 9.65. The Morgan fingerprint density at radius 1 is 0.476 bits per heavy atom. The molecule has 354 valence electrons. The van der Waals surface area contributed by atoms with Crippen molar-refractivity contribution in [2.75, 3.05) is 47.5 Å². The molecule has 0 saturated carbocycles. The smallest absolute Gasteiger partial charge is 0.361 e. The molecule has 9 nitrogen and oxygen atoms in total. The summed E-state index contributed by atoms with van der Waals surface area (Å²) < 4.78 is 22.7. The summed E-state index contributed by atoms with van der Waals surface area (Å²) in [6.45, 7) is 4.52. The fraction of sp³-hybridized carbons (Fsp3) is 0.574. The summed E-state index contributed by atoms with van der Waals surface area (Å²) >= 11 is 0. The van der Waals surface area contributed by atoms with Gasteiger partial charge >= 0.3 is 17.9 Å². The predicted molar refractivity (Wildman–Crippen MR) is 262 cm³/mol. The molecule has 0 aliphatic rings. The molecule has 0 rings (SSSR count). The second-order valence-electron chi connectivity index (χ2n) is 16.3. The molecule has 0 aliphatic carbocycles. The highest BCUT2D eigenvalue weighted by molar-refractivity contribution is 5.71. The number of hydrogen-bond donors (Lipinski definition) is 1. The molecule has 2 atom stereocenters. The van der Waals surface area contributed by atoms with Crippen LogP contribution in [0.5, 0.6) is 0 Å². The van der Waals surface area contributed by atoms with Crippen LogP contribution in [0.15, 0.2) is 122 Å². The Hall–Kier alpha value is -4.31. The quantitative estimate of drug-likeness (QED) is 0.0213. The second kappa shape index (κ2) is 44.3. The third kappa shape index (κ3) is 45.5. The molecule has 0 bridgehead atoms. The van der Waals surface area contributed by atoms with E-state index < -0.39 is 24.3 Å². The number of likely N-dealkylation sites (N-methyl/N-ethyl adjacent to an activating group) is 1. The summed E-state index contributed by atoms with van der Waals surface area (Å²) in [7, 11) is 5.92. The lowest BCUT2D eigenvalue weighted by Gasteiger charge is -2.25. The fourth-order valence-electron chi connectivity index (χ4n) is 5.59. The van der Waals surface area contributed by atoms with Crippen LogP contribution in [0.2, 0.25) is 0 Å². The standard InChI is InChI=1S/C54H85NO8/c1-6-8-10-12-14-16-18-20-22-24-25-26-27-29-31-33-35-37-39-41-43-45-52(57)63-50(49-62-54(53(58)59)60-47-46-55(3,4)5)48-61-51(56)44-42-40-38-36-34-32-30-28-23-21-19-17-15-13-11-9-7-2/h8-11,14-17,20-23,25-26,29-32,35,37,50,54H,6-7,12-13,18-19,24,27-28,33-34,36,38-49H2,1-5H3/p+1/b10-8-,11-9-,16-14-,17-15-,22-20-,23-21-,26-25-,31-29-,32-30-,37-35-. The monoisotopic (exact) mass is 877 g/mol. The zero-order valence-corrected chi connectivity index (χ0v) is 39.9. The van der Waals surface area contributed by atoms with Crippen molar-refractivity contribution in [3.63, 3.8) is 0 Å². The topological polar surface area (TPSA) is 108 Å². The Bertz CT molecular complexity index is 1440. The van der Waals surface area contributed by atoms with Crippen LogP contribution in [0.25, 0.3) is 0 Å². The van der Waals surface area contributed by atoms with Crippen LogP contribution >= 0.6 is 0 Å². The zero-order chi connectivity index (χ0) is 46.3. The van der Waals surface area contributed by atoms with Gasteiger partial charge in [-0.05, 0) is 103 Å². The number of carboxylic acids is 1. The third-order valence-corrected chi connectivity index (χ3v) is 9.21. The number of aliphatic carboxylic acids is 1. The molecular formula is C54H86NO8+. The number of ether oxygens (including phenoxy) is 4. The highest BCUT2D eigenvalue weighted by Gasteiger charge is 2.25. The van der Waals surface area contributed by atoms with Crippen molar-refractivity contribution < 1.29 is 42.9 Å². The maximum atomic E-state index is 12.8. The van der Waals surface area contributed by atoms with Crippen LogP contribution in [0, 0.1) is 0 Å². The van der Waals surface area contributed by atoms with E-state index in [2.05, 4.69) is 135 Å². The largest absolute Gasteiger partial charge is 0.477 e. The summed E-state index contributed by atoms with van der Waals surface area (Å²) in [5.74, 6) is -2.12. The van der Waals surface area contributed by atoms with E-state index in [1.807, 2.05) is 21.1 Å². The normalized spacial score (nSPS) is 14.0. The maximum absolute atomic E-state index is 12.8.